The fraction of sp³-hybridized carbons (Fsp3) is 0.100. The second-order valence-corrected chi connectivity index (χ2v) is 3.10. The number of nitro groups is 1. The molecule has 0 aliphatic rings. The predicted molar refractivity (Wildman–Crippen MR) is 57.9 cm³/mol. The molecule has 84 valence electrons. The Labute approximate surface area is 91.4 Å². The average molecular weight is 222 g/mol. The van der Waals surface area contributed by atoms with Crippen LogP contribution in [0.5, 0.6) is 0 Å². The maximum absolute atomic E-state index is 10.9. The zero-order valence-electron chi connectivity index (χ0n) is 8.51. The summed E-state index contributed by atoms with van der Waals surface area (Å²) in [4.78, 5) is 20.3. The standard InChI is InChI=1S/C10H10N2O4/c1-7-2-3-9(8(6-7)10(13)14)11-4-5-12(15)16/h2-6,11H,1H3,(H,13,14). The van der Waals surface area contributed by atoms with Crippen LogP contribution in [0, 0.1) is 17.0 Å². The van der Waals surface area contributed by atoms with E-state index in [9.17, 15) is 14.9 Å². The zero-order valence-corrected chi connectivity index (χ0v) is 8.51. The van der Waals surface area contributed by atoms with Gasteiger partial charge >= 0.3 is 5.97 Å². The maximum Gasteiger partial charge on any atom is 0.337 e. The van der Waals surface area contributed by atoms with E-state index in [1.54, 1.807) is 19.1 Å². The minimum Gasteiger partial charge on any atom is -0.478 e. The molecule has 0 amide bonds. The van der Waals surface area contributed by atoms with E-state index in [1.165, 1.54) is 6.07 Å². The molecule has 0 aromatic heterocycles. The molecule has 2 N–H and O–H groups in total. The Morgan fingerprint density at radius 1 is 1.56 bits per heavy atom. The monoisotopic (exact) mass is 222 g/mol. The lowest BCUT2D eigenvalue weighted by Gasteiger charge is -2.05. The van der Waals surface area contributed by atoms with Crippen LogP contribution >= 0.6 is 0 Å². The molecule has 6 nitrogen and oxygen atoms in total. The second kappa shape index (κ2) is 4.92. The summed E-state index contributed by atoms with van der Waals surface area (Å²) in [6.07, 6.45) is 1.78. The van der Waals surface area contributed by atoms with Crippen LogP contribution in [0.1, 0.15) is 15.9 Å². The summed E-state index contributed by atoms with van der Waals surface area (Å²) in [6, 6.07) is 4.77. The molecule has 0 saturated heterocycles. The van der Waals surface area contributed by atoms with E-state index >= 15 is 0 Å². The fourth-order valence-corrected chi connectivity index (χ4v) is 1.15. The number of anilines is 1. The third kappa shape index (κ3) is 3.09. The van der Waals surface area contributed by atoms with Gasteiger partial charge in [-0.1, -0.05) is 11.6 Å². The molecule has 1 aromatic carbocycles. The second-order valence-electron chi connectivity index (χ2n) is 3.10. The van der Waals surface area contributed by atoms with Gasteiger partial charge in [0.25, 0.3) is 0 Å². The minimum absolute atomic E-state index is 0.0768. The number of carboxylic acids is 1. The molecule has 0 spiro atoms. The van der Waals surface area contributed by atoms with Crippen LogP contribution in [0.2, 0.25) is 0 Å². The molecule has 0 fully saturated rings. The number of nitrogens with one attached hydrogen (secondary N) is 1. The first-order chi connectivity index (χ1) is 7.50. The summed E-state index contributed by atoms with van der Waals surface area (Å²) in [5.74, 6) is -1.08. The molecule has 0 aliphatic carbocycles. The van der Waals surface area contributed by atoms with Crippen LogP contribution in [0.3, 0.4) is 0 Å². The summed E-state index contributed by atoms with van der Waals surface area (Å²) >= 11 is 0. The van der Waals surface area contributed by atoms with E-state index in [1.807, 2.05) is 0 Å². The molecule has 6 heteroatoms. The number of aryl methyl sites for hydroxylation is 1. The van der Waals surface area contributed by atoms with Gasteiger partial charge in [-0.15, -0.1) is 0 Å². The van der Waals surface area contributed by atoms with E-state index in [0.29, 0.717) is 11.9 Å². The Balaban J connectivity index is 2.95. The largest absolute Gasteiger partial charge is 0.478 e. The van der Waals surface area contributed by atoms with E-state index < -0.39 is 10.9 Å². The number of carbonyl (C=O) groups is 1. The highest BCUT2D eigenvalue weighted by atomic mass is 16.6. The topological polar surface area (TPSA) is 92.5 Å². The molecule has 0 atom stereocenters. The number of hydrogen-bond donors (Lipinski definition) is 2. The first-order valence-electron chi connectivity index (χ1n) is 4.41. The van der Waals surface area contributed by atoms with Gasteiger partial charge in [0.2, 0.25) is 6.20 Å². The SMILES string of the molecule is Cc1ccc(NC=C[N+](=O)[O-])c(C(=O)O)c1. The van der Waals surface area contributed by atoms with Crippen LogP contribution in [-0.4, -0.2) is 16.0 Å². The van der Waals surface area contributed by atoms with Gasteiger partial charge in [-0.3, -0.25) is 10.1 Å². The Kier molecular flexibility index (Phi) is 3.60. The van der Waals surface area contributed by atoms with Gasteiger partial charge in [0.05, 0.1) is 22.4 Å². The van der Waals surface area contributed by atoms with E-state index in [0.717, 1.165) is 11.8 Å². The lowest BCUT2D eigenvalue weighted by atomic mass is 10.1. The van der Waals surface area contributed by atoms with Crippen molar-refractivity contribution in [1.82, 2.24) is 0 Å². The molecule has 0 aliphatic heterocycles. The van der Waals surface area contributed by atoms with Crippen LogP contribution in [-0.2, 0) is 0 Å². The average Bonchev–Trinajstić information content (AvgIpc) is 2.19. The molecule has 0 unspecified atom stereocenters. The van der Waals surface area contributed by atoms with Crippen molar-refractivity contribution in [2.45, 2.75) is 6.92 Å². The lowest BCUT2D eigenvalue weighted by Crippen LogP contribution is -2.03. The van der Waals surface area contributed by atoms with E-state index in [2.05, 4.69) is 5.32 Å². The van der Waals surface area contributed by atoms with Crippen molar-refractivity contribution in [3.05, 3.63) is 51.8 Å². The van der Waals surface area contributed by atoms with Gasteiger partial charge in [-0.25, -0.2) is 4.79 Å². The van der Waals surface area contributed by atoms with Gasteiger partial charge in [0.15, 0.2) is 0 Å². The molecular formula is C10H10N2O4. The molecule has 1 aromatic rings. The van der Waals surface area contributed by atoms with Gasteiger partial charge in [0, 0.05) is 0 Å². The Morgan fingerprint density at radius 3 is 2.81 bits per heavy atom. The van der Waals surface area contributed by atoms with Crippen molar-refractivity contribution in [2.24, 2.45) is 0 Å². The fourth-order valence-electron chi connectivity index (χ4n) is 1.15. The van der Waals surface area contributed by atoms with Crippen molar-refractivity contribution >= 4 is 11.7 Å². The smallest absolute Gasteiger partial charge is 0.337 e. The number of hydrogen-bond acceptors (Lipinski definition) is 4. The number of rotatable bonds is 4. The van der Waals surface area contributed by atoms with Gasteiger partial charge in [-0.2, -0.15) is 0 Å². The third-order valence-electron chi connectivity index (χ3n) is 1.84. The first-order valence-corrected chi connectivity index (χ1v) is 4.41. The van der Waals surface area contributed by atoms with Crippen LogP contribution < -0.4 is 5.32 Å². The zero-order chi connectivity index (χ0) is 12.1. The normalized spacial score (nSPS) is 10.3. The number of benzene rings is 1. The van der Waals surface area contributed by atoms with E-state index in [-0.39, 0.29) is 5.56 Å². The van der Waals surface area contributed by atoms with Crippen molar-refractivity contribution < 1.29 is 14.8 Å². The highest BCUT2D eigenvalue weighted by Crippen LogP contribution is 2.17. The summed E-state index contributed by atoms with van der Waals surface area (Å²) in [6.45, 7) is 1.77. The number of aromatic carboxylic acids is 1. The lowest BCUT2D eigenvalue weighted by molar-refractivity contribution is -0.402. The molecule has 16 heavy (non-hydrogen) atoms. The van der Waals surface area contributed by atoms with Crippen molar-refractivity contribution in [3.8, 4) is 0 Å². The predicted octanol–water partition coefficient (Wildman–Crippen LogP) is 1.85. The highest BCUT2D eigenvalue weighted by molar-refractivity contribution is 5.94. The molecule has 0 bridgehead atoms. The minimum atomic E-state index is -1.08. The molecule has 0 saturated carbocycles. The van der Waals surface area contributed by atoms with Crippen molar-refractivity contribution in [2.75, 3.05) is 5.32 Å². The molecule has 0 radical (unpaired) electrons. The Morgan fingerprint density at radius 2 is 2.25 bits per heavy atom. The van der Waals surface area contributed by atoms with E-state index in [4.69, 9.17) is 5.11 Å². The summed E-state index contributed by atoms with van der Waals surface area (Å²) in [5.41, 5.74) is 1.20. The highest BCUT2D eigenvalue weighted by Gasteiger charge is 2.08. The van der Waals surface area contributed by atoms with Gasteiger partial charge in [-0.05, 0) is 19.1 Å². The first kappa shape index (κ1) is 11.7. The quantitative estimate of drug-likeness (QED) is 0.599. The molecule has 0 heterocycles. The van der Waals surface area contributed by atoms with Gasteiger partial charge in [0.1, 0.15) is 0 Å². The van der Waals surface area contributed by atoms with Crippen LogP contribution in [0.25, 0.3) is 0 Å². The van der Waals surface area contributed by atoms with Crippen LogP contribution in [0.4, 0.5) is 5.69 Å². The molecule has 1 rings (SSSR count). The third-order valence-corrected chi connectivity index (χ3v) is 1.84. The summed E-state index contributed by atoms with van der Waals surface area (Å²) < 4.78 is 0. The summed E-state index contributed by atoms with van der Waals surface area (Å²) in [5, 5.41) is 21.5. The molecular weight excluding hydrogens is 212 g/mol. The van der Waals surface area contributed by atoms with Crippen LogP contribution in [0.15, 0.2) is 30.6 Å². The van der Waals surface area contributed by atoms with Crippen molar-refractivity contribution in [3.63, 3.8) is 0 Å². The van der Waals surface area contributed by atoms with Gasteiger partial charge < -0.3 is 10.4 Å². The Bertz CT molecular complexity index is 454. The summed E-state index contributed by atoms with van der Waals surface area (Å²) in [7, 11) is 0. The Hall–Kier alpha value is -2.37. The maximum atomic E-state index is 10.9. The van der Waals surface area contributed by atoms with Crippen molar-refractivity contribution in [1.29, 1.82) is 0 Å². The number of carboxylic acid groups (broad SMARTS) is 1. The number of nitrogens with zero attached hydrogens (tertiary/aromatic N) is 1.